The number of aromatic nitrogens is 5. The van der Waals surface area contributed by atoms with Crippen LogP contribution in [0.15, 0.2) is 30.3 Å². The van der Waals surface area contributed by atoms with Crippen molar-refractivity contribution in [2.24, 2.45) is 0 Å². The van der Waals surface area contributed by atoms with Crippen molar-refractivity contribution in [2.45, 2.75) is 32.7 Å². The van der Waals surface area contributed by atoms with Gasteiger partial charge in [-0.2, -0.15) is 0 Å². The van der Waals surface area contributed by atoms with Crippen LogP contribution in [0.4, 0.5) is 5.82 Å². The first-order chi connectivity index (χ1) is 14.0. The van der Waals surface area contributed by atoms with Gasteiger partial charge in [0.2, 0.25) is 0 Å². The number of hydrogen-bond acceptors (Lipinski definition) is 7. The summed E-state index contributed by atoms with van der Waals surface area (Å²) >= 11 is 0. The number of rotatable bonds is 6. The molecule has 0 amide bonds. The van der Waals surface area contributed by atoms with E-state index < -0.39 is 0 Å². The van der Waals surface area contributed by atoms with Crippen molar-refractivity contribution in [3.63, 3.8) is 0 Å². The Kier molecular flexibility index (Phi) is 5.73. The van der Waals surface area contributed by atoms with Crippen LogP contribution in [-0.2, 0) is 16.7 Å². The fourth-order valence-corrected chi connectivity index (χ4v) is 3.33. The van der Waals surface area contributed by atoms with Gasteiger partial charge in [-0.1, -0.05) is 56.3 Å². The summed E-state index contributed by atoms with van der Waals surface area (Å²) in [7, 11) is 0. The second-order valence-electron chi connectivity index (χ2n) is 8.43. The molecule has 1 aliphatic heterocycles. The van der Waals surface area contributed by atoms with Crippen LogP contribution in [0, 0.1) is 0 Å². The zero-order valence-corrected chi connectivity index (χ0v) is 17.4. The third kappa shape index (κ3) is 4.71. The summed E-state index contributed by atoms with van der Waals surface area (Å²) in [6.07, 6.45) is 0. The molecule has 1 saturated heterocycles. The van der Waals surface area contributed by atoms with Crippen LogP contribution >= 0.6 is 0 Å². The van der Waals surface area contributed by atoms with Crippen LogP contribution in [0.3, 0.4) is 0 Å². The molecule has 3 heterocycles. The highest BCUT2D eigenvalue weighted by Gasteiger charge is 2.23. The Hall–Kier alpha value is -2.58. The second kappa shape index (κ2) is 8.42. The van der Waals surface area contributed by atoms with E-state index in [1.165, 1.54) is 0 Å². The van der Waals surface area contributed by atoms with Gasteiger partial charge in [-0.15, -0.1) is 5.10 Å². The van der Waals surface area contributed by atoms with E-state index in [9.17, 15) is 0 Å². The second-order valence-corrected chi connectivity index (χ2v) is 8.43. The maximum Gasteiger partial charge on any atom is 0.184 e. The Morgan fingerprint density at radius 3 is 2.55 bits per heavy atom. The Labute approximate surface area is 171 Å². The Morgan fingerprint density at radius 2 is 1.83 bits per heavy atom. The van der Waals surface area contributed by atoms with Gasteiger partial charge < -0.3 is 10.1 Å². The topological polar surface area (TPSA) is 81.0 Å². The summed E-state index contributed by atoms with van der Waals surface area (Å²) in [5, 5.41) is 12.2. The fraction of sp³-hybridized carbons (Fsp3) is 0.524. The minimum absolute atomic E-state index is 0.170. The molecule has 8 nitrogen and oxygen atoms in total. The van der Waals surface area contributed by atoms with Crippen molar-refractivity contribution < 1.29 is 4.74 Å². The number of anilines is 1. The molecule has 1 aromatic carbocycles. The zero-order chi connectivity index (χ0) is 20.3. The van der Waals surface area contributed by atoms with Crippen molar-refractivity contribution >= 4 is 17.0 Å². The maximum absolute atomic E-state index is 5.42. The van der Waals surface area contributed by atoms with Crippen LogP contribution in [-0.4, -0.2) is 69.3 Å². The van der Waals surface area contributed by atoms with Crippen LogP contribution in [0.5, 0.6) is 0 Å². The smallest absolute Gasteiger partial charge is 0.184 e. The van der Waals surface area contributed by atoms with Crippen molar-refractivity contribution in [3.8, 4) is 0 Å². The molecule has 0 saturated carbocycles. The standard InChI is InChI=1S/C21H29N7O/c1-21(2,3)20-23-18(22-9-10-27-11-13-29-14-12-27)17-19(24-20)28(26-25-17)15-16-7-5-4-6-8-16/h4-8H,9-15H2,1-3H3,(H,22,23,24). The third-order valence-corrected chi connectivity index (χ3v) is 5.03. The molecule has 0 spiro atoms. The normalized spacial score (nSPS) is 15.7. The minimum atomic E-state index is -0.170. The average molecular weight is 396 g/mol. The number of fused-ring (bicyclic) bond motifs is 1. The fourth-order valence-electron chi connectivity index (χ4n) is 3.33. The first-order valence-corrected chi connectivity index (χ1v) is 10.2. The lowest BCUT2D eigenvalue weighted by Gasteiger charge is -2.26. The van der Waals surface area contributed by atoms with E-state index in [-0.39, 0.29) is 5.41 Å². The molecule has 0 radical (unpaired) electrons. The Bertz CT molecular complexity index is 943. The average Bonchev–Trinajstić information content (AvgIpc) is 3.12. The van der Waals surface area contributed by atoms with E-state index in [1.807, 2.05) is 22.9 Å². The predicted molar refractivity (Wildman–Crippen MR) is 113 cm³/mol. The summed E-state index contributed by atoms with van der Waals surface area (Å²) in [4.78, 5) is 12.0. The van der Waals surface area contributed by atoms with Gasteiger partial charge in [0.1, 0.15) is 5.82 Å². The van der Waals surface area contributed by atoms with Crippen molar-refractivity contribution in [1.29, 1.82) is 0 Å². The lowest BCUT2D eigenvalue weighted by molar-refractivity contribution is 0.0398. The molecule has 8 heteroatoms. The van der Waals surface area contributed by atoms with Gasteiger partial charge in [-0.3, -0.25) is 4.90 Å². The maximum atomic E-state index is 5.42. The van der Waals surface area contributed by atoms with Crippen molar-refractivity contribution in [3.05, 3.63) is 41.7 Å². The van der Waals surface area contributed by atoms with E-state index in [1.54, 1.807) is 0 Å². The molecule has 29 heavy (non-hydrogen) atoms. The molecule has 154 valence electrons. The lowest BCUT2D eigenvalue weighted by Crippen LogP contribution is -2.39. The number of nitrogens with zero attached hydrogens (tertiary/aromatic N) is 6. The predicted octanol–water partition coefficient (Wildman–Crippen LogP) is 2.31. The van der Waals surface area contributed by atoms with Crippen molar-refractivity contribution in [2.75, 3.05) is 44.7 Å². The Morgan fingerprint density at radius 1 is 1.07 bits per heavy atom. The van der Waals surface area contributed by atoms with Gasteiger partial charge >= 0.3 is 0 Å². The van der Waals surface area contributed by atoms with Crippen molar-refractivity contribution in [1.82, 2.24) is 29.9 Å². The molecule has 0 unspecified atom stereocenters. The molecule has 3 aromatic rings. The SMILES string of the molecule is CC(C)(C)c1nc(NCCN2CCOCC2)c2nnn(Cc3ccccc3)c2n1. The first-order valence-electron chi connectivity index (χ1n) is 10.2. The molecule has 1 aliphatic rings. The first kappa shape index (κ1) is 19.7. The molecule has 2 aromatic heterocycles. The zero-order valence-electron chi connectivity index (χ0n) is 17.4. The van der Waals surface area contributed by atoms with Gasteiger partial charge in [-0.05, 0) is 5.56 Å². The van der Waals surface area contributed by atoms with E-state index in [2.05, 4.69) is 53.4 Å². The summed E-state index contributed by atoms with van der Waals surface area (Å²) in [6, 6.07) is 10.2. The molecular formula is C21H29N7O. The number of morpholine rings is 1. The molecule has 0 bridgehead atoms. The summed E-state index contributed by atoms with van der Waals surface area (Å²) in [5.74, 6) is 1.54. The number of hydrogen-bond donors (Lipinski definition) is 1. The number of benzene rings is 1. The highest BCUT2D eigenvalue weighted by atomic mass is 16.5. The summed E-state index contributed by atoms with van der Waals surface area (Å²) in [6.45, 7) is 12.3. The quantitative estimate of drug-likeness (QED) is 0.686. The summed E-state index contributed by atoms with van der Waals surface area (Å²) < 4.78 is 7.28. The largest absolute Gasteiger partial charge is 0.379 e. The van der Waals surface area contributed by atoms with Gasteiger partial charge in [0.05, 0.1) is 19.8 Å². The minimum Gasteiger partial charge on any atom is -0.379 e. The molecule has 1 fully saturated rings. The van der Waals surface area contributed by atoms with E-state index in [0.29, 0.717) is 6.54 Å². The van der Waals surface area contributed by atoms with E-state index >= 15 is 0 Å². The van der Waals surface area contributed by atoms with Gasteiger partial charge in [0.25, 0.3) is 0 Å². The molecular weight excluding hydrogens is 366 g/mol. The lowest BCUT2D eigenvalue weighted by atomic mass is 9.96. The van der Waals surface area contributed by atoms with Gasteiger partial charge in [0, 0.05) is 31.6 Å². The molecule has 0 atom stereocenters. The molecule has 1 N–H and O–H groups in total. The highest BCUT2D eigenvalue weighted by Crippen LogP contribution is 2.25. The van der Waals surface area contributed by atoms with Crippen LogP contribution in [0.1, 0.15) is 32.2 Å². The number of ether oxygens (including phenoxy) is 1. The highest BCUT2D eigenvalue weighted by molar-refractivity contribution is 5.82. The van der Waals surface area contributed by atoms with Crippen LogP contribution in [0.25, 0.3) is 11.2 Å². The van der Waals surface area contributed by atoms with E-state index in [0.717, 1.165) is 67.8 Å². The van der Waals surface area contributed by atoms with Gasteiger partial charge in [-0.25, -0.2) is 14.6 Å². The Balaban J connectivity index is 1.60. The summed E-state index contributed by atoms with van der Waals surface area (Å²) in [5.41, 5.74) is 2.48. The van der Waals surface area contributed by atoms with E-state index in [4.69, 9.17) is 14.7 Å². The molecule has 4 rings (SSSR count). The molecule has 0 aliphatic carbocycles. The monoisotopic (exact) mass is 395 g/mol. The number of nitrogens with one attached hydrogen (secondary N) is 1. The third-order valence-electron chi connectivity index (χ3n) is 5.03. The van der Waals surface area contributed by atoms with Gasteiger partial charge in [0.15, 0.2) is 17.0 Å². The van der Waals surface area contributed by atoms with Crippen LogP contribution in [0.2, 0.25) is 0 Å². The van der Waals surface area contributed by atoms with Crippen LogP contribution < -0.4 is 5.32 Å².